The highest BCUT2D eigenvalue weighted by Gasteiger charge is 2.09. The van der Waals surface area contributed by atoms with Crippen LogP contribution in [-0.4, -0.2) is 9.38 Å². The number of fused-ring (bicyclic) bond motifs is 1. The number of pyridine rings is 1. The molecule has 0 bridgehead atoms. The first-order chi connectivity index (χ1) is 12.2. The van der Waals surface area contributed by atoms with Gasteiger partial charge < -0.3 is 9.72 Å². The van der Waals surface area contributed by atoms with E-state index in [0.29, 0.717) is 5.69 Å². The average molecular weight is 324 g/mol. The summed E-state index contributed by atoms with van der Waals surface area (Å²) in [4.78, 5) is 4.64. The van der Waals surface area contributed by atoms with Crippen LogP contribution >= 0.6 is 0 Å². The molecule has 0 radical (unpaired) electrons. The lowest BCUT2D eigenvalue weighted by Gasteiger charge is -2.06. The number of allylic oxidation sites excluding steroid dienone is 2. The number of hydrogen-bond acceptors (Lipinski definition) is 5. The number of hydrogen-bond donors (Lipinski definition) is 1. The van der Waals surface area contributed by atoms with Crippen molar-refractivity contribution in [3.8, 4) is 29.5 Å². The van der Waals surface area contributed by atoms with E-state index in [2.05, 4.69) is 10.3 Å². The zero-order valence-corrected chi connectivity index (χ0v) is 13.4. The van der Waals surface area contributed by atoms with Gasteiger partial charge in [-0.1, -0.05) is 18.2 Å². The van der Waals surface area contributed by atoms with Crippen LogP contribution in [0, 0.1) is 40.9 Å². The van der Waals surface area contributed by atoms with Crippen LogP contribution < -0.4 is 5.32 Å². The van der Waals surface area contributed by atoms with E-state index in [4.69, 9.17) is 15.8 Å². The predicted octanol–water partition coefficient (Wildman–Crippen LogP) is 3.55. The van der Waals surface area contributed by atoms with Crippen LogP contribution in [0.5, 0.6) is 0 Å². The van der Waals surface area contributed by atoms with Crippen molar-refractivity contribution in [3.05, 3.63) is 65.6 Å². The zero-order chi connectivity index (χ0) is 17.8. The number of aromatic nitrogens is 2. The molecule has 25 heavy (non-hydrogen) atoms. The smallest absolute Gasteiger partial charge is 0.163 e. The number of benzene rings is 1. The third kappa shape index (κ3) is 3.03. The van der Waals surface area contributed by atoms with Gasteiger partial charge in [-0.05, 0) is 30.7 Å². The quantitative estimate of drug-likeness (QED) is 0.742. The monoisotopic (exact) mass is 324 g/mol. The molecule has 3 rings (SSSR count). The fraction of sp³-hybridized carbons (Fsp3) is 0.0526. The Hall–Kier alpha value is -4.08. The summed E-state index contributed by atoms with van der Waals surface area (Å²) in [6.45, 7) is 2.00. The van der Waals surface area contributed by atoms with Crippen molar-refractivity contribution in [3.63, 3.8) is 0 Å². The molecule has 6 heteroatoms. The second-order valence-corrected chi connectivity index (χ2v) is 5.34. The Morgan fingerprint density at radius 1 is 1.08 bits per heavy atom. The van der Waals surface area contributed by atoms with Gasteiger partial charge in [-0.2, -0.15) is 15.8 Å². The zero-order valence-electron chi connectivity index (χ0n) is 13.4. The lowest BCUT2D eigenvalue weighted by Crippen LogP contribution is -2.00. The Labute approximate surface area is 144 Å². The van der Waals surface area contributed by atoms with Crippen LogP contribution in [0.2, 0.25) is 0 Å². The van der Waals surface area contributed by atoms with Gasteiger partial charge in [0.2, 0.25) is 0 Å². The molecule has 6 nitrogen and oxygen atoms in total. The van der Waals surface area contributed by atoms with Gasteiger partial charge in [-0.3, -0.25) is 0 Å². The Morgan fingerprint density at radius 3 is 2.56 bits per heavy atom. The van der Waals surface area contributed by atoms with E-state index in [0.717, 1.165) is 22.5 Å². The van der Waals surface area contributed by atoms with E-state index in [1.165, 1.54) is 0 Å². The van der Waals surface area contributed by atoms with Crippen molar-refractivity contribution in [2.75, 3.05) is 5.32 Å². The van der Waals surface area contributed by atoms with Crippen LogP contribution in [0.25, 0.3) is 16.9 Å². The molecular formula is C19H12N6. The van der Waals surface area contributed by atoms with Gasteiger partial charge >= 0.3 is 0 Å². The molecule has 1 N–H and O–H groups in total. The van der Waals surface area contributed by atoms with E-state index < -0.39 is 0 Å². The van der Waals surface area contributed by atoms with E-state index >= 15 is 0 Å². The minimum atomic E-state index is -0.253. The van der Waals surface area contributed by atoms with Crippen LogP contribution in [0.15, 0.2) is 60.1 Å². The van der Waals surface area contributed by atoms with Crippen LogP contribution in [0.1, 0.15) is 5.56 Å². The van der Waals surface area contributed by atoms with Gasteiger partial charge in [0.05, 0.1) is 5.69 Å². The van der Waals surface area contributed by atoms with Crippen molar-refractivity contribution >= 4 is 11.3 Å². The number of imidazole rings is 1. The van der Waals surface area contributed by atoms with Crippen LogP contribution in [0.3, 0.4) is 0 Å². The summed E-state index contributed by atoms with van der Waals surface area (Å²) in [7, 11) is 0. The molecule has 1 aromatic carbocycles. The maximum absolute atomic E-state index is 9.14. The normalized spacial score (nSPS) is 9.68. The molecule has 2 aromatic heterocycles. The van der Waals surface area contributed by atoms with Gasteiger partial charge in [0.1, 0.15) is 29.6 Å². The van der Waals surface area contributed by atoms with E-state index in [1.54, 1.807) is 18.2 Å². The molecule has 0 amide bonds. The Bertz CT molecular complexity index is 1100. The summed E-state index contributed by atoms with van der Waals surface area (Å²) in [6, 6.07) is 16.5. The van der Waals surface area contributed by atoms with Crippen molar-refractivity contribution in [1.82, 2.24) is 9.38 Å². The number of nitrogens with zero attached hydrogens (tertiary/aromatic N) is 5. The highest BCUT2D eigenvalue weighted by atomic mass is 15.0. The van der Waals surface area contributed by atoms with Crippen molar-refractivity contribution < 1.29 is 0 Å². The highest BCUT2D eigenvalue weighted by molar-refractivity contribution is 5.69. The number of nitriles is 3. The molecule has 0 spiro atoms. The first-order valence-corrected chi connectivity index (χ1v) is 7.42. The fourth-order valence-electron chi connectivity index (χ4n) is 2.48. The van der Waals surface area contributed by atoms with Gasteiger partial charge in [-0.25, -0.2) is 4.98 Å². The summed E-state index contributed by atoms with van der Waals surface area (Å²) in [6.07, 6.45) is 3.86. The molecule has 0 aliphatic rings. The summed E-state index contributed by atoms with van der Waals surface area (Å²) >= 11 is 0. The molecule has 0 fully saturated rings. The molecule has 118 valence electrons. The van der Waals surface area contributed by atoms with Crippen molar-refractivity contribution in [2.45, 2.75) is 6.92 Å². The lowest BCUT2D eigenvalue weighted by molar-refractivity contribution is 1.16. The second-order valence-electron chi connectivity index (χ2n) is 5.34. The van der Waals surface area contributed by atoms with Gasteiger partial charge in [0.15, 0.2) is 5.57 Å². The van der Waals surface area contributed by atoms with E-state index in [1.807, 2.05) is 60.1 Å². The molecule has 3 aromatic rings. The Morgan fingerprint density at radius 2 is 1.88 bits per heavy atom. The SMILES string of the molecule is Cc1cccn2cc(-c3cccc(NC(C#N)=C(C#N)C#N)c3)nc12. The summed E-state index contributed by atoms with van der Waals surface area (Å²) in [5.41, 5.74) is 3.88. The standard InChI is InChI=1S/C19H12N6/c1-13-4-3-7-25-12-18(24-19(13)25)14-5-2-6-16(8-14)23-17(11-22)15(9-20)10-21/h2-8,12,23H,1H3. The molecule has 0 saturated carbocycles. The number of rotatable bonds is 3. The Balaban J connectivity index is 2.01. The van der Waals surface area contributed by atoms with Crippen LogP contribution in [0.4, 0.5) is 5.69 Å². The molecular weight excluding hydrogens is 312 g/mol. The number of nitrogens with one attached hydrogen (secondary N) is 1. The molecule has 0 atom stereocenters. The third-order valence-corrected chi connectivity index (χ3v) is 3.69. The van der Waals surface area contributed by atoms with Crippen molar-refractivity contribution in [1.29, 1.82) is 15.8 Å². The van der Waals surface area contributed by atoms with E-state index in [9.17, 15) is 0 Å². The molecule has 0 unspecified atom stereocenters. The lowest BCUT2D eigenvalue weighted by atomic mass is 10.1. The van der Waals surface area contributed by atoms with Gasteiger partial charge in [-0.15, -0.1) is 0 Å². The first-order valence-electron chi connectivity index (χ1n) is 7.42. The molecule has 0 aliphatic heterocycles. The minimum absolute atomic E-state index is 0.0759. The topological polar surface area (TPSA) is 101 Å². The third-order valence-electron chi connectivity index (χ3n) is 3.69. The molecule has 2 heterocycles. The maximum atomic E-state index is 9.14. The number of anilines is 1. The Kier molecular flexibility index (Phi) is 4.16. The predicted molar refractivity (Wildman–Crippen MR) is 92.9 cm³/mol. The molecule has 0 aliphatic carbocycles. The maximum Gasteiger partial charge on any atom is 0.163 e. The first kappa shape index (κ1) is 15.8. The highest BCUT2D eigenvalue weighted by Crippen LogP contribution is 2.24. The van der Waals surface area contributed by atoms with E-state index in [-0.39, 0.29) is 11.3 Å². The number of aryl methyl sites for hydroxylation is 1. The average Bonchev–Trinajstić information content (AvgIpc) is 3.08. The summed E-state index contributed by atoms with van der Waals surface area (Å²) in [5.74, 6) is 0. The van der Waals surface area contributed by atoms with Crippen molar-refractivity contribution in [2.24, 2.45) is 0 Å². The second kappa shape index (κ2) is 6.58. The largest absolute Gasteiger partial charge is 0.345 e. The summed E-state index contributed by atoms with van der Waals surface area (Å²) < 4.78 is 1.95. The molecule has 0 saturated heterocycles. The summed E-state index contributed by atoms with van der Waals surface area (Å²) in [5, 5.41) is 29.8. The van der Waals surface area contributed by atoms with Gasteiger partial charge in [0, 0.05) is 23.6 Å². The van der Waals surface area contributed by atoms with Gasteiger partial charge in [0.25, 0.3) is 0 Å². The minimum Gasteiger partial charge on any atom is -0.345 e. The fourth-order valence-corrected chi connectivity index (χ4v) is 2.48. The van der Waals surface area contributed by atoms with Crippen LogP contribution in [-0.2, 0) is 0 Å².